The highest BCUT2D eigenvalue weighted by Gasteiger charge is 2.08. The van der Waals surface area contributed by atoms with Gasteiger partial charge in [0.2, 0.25) is 0 Å². The van der Waals surface area contributed by atoms with Gasteiger partial charge < -0.3 is 9.67 Å². The van der Waals surface area contributed by atoms with Crippen molar-refractivity contribution < 1.29 is 5.11 Å². The van der Waals surface area contributed by atoms with Crippen molar-refractivity contribution >= 4 is 10.9 Å². The minimum Gasteiger partial charge on any atom is -0.395 e. The monoisotopic (exact) mass is 231 g/mol. The van der Waals surface area contributed by atoms with E-state index in [-0.39, 0.29) is 12.2 Å². The molecule has 90 valence electrons. The molecule has 17 heavy (non-hydrogen) atoms. The molecule has 0 atom stereocenters. The van der Waals surface area contributed by atoms with E-state index in [9.17, 15) is 4.79 Å². The van der Waals surface area contributed by atoms with Gasteiger partial charge in [-0.2, -0.15) is 0 Å². The van der Waals surface area contributed by atoms with Crippen molar-refractivity contribution in [2.75, 3.05) is 6.61 Å². The minimum absolute atomic E-state index is 0.0224. The van der Waals surface area contributed by atoms with Gasteiger partial charge in [-0.05, 0) is 38.0 Å². The molecule has 0 aliphatic carbocycles. The molecule has 1 aromatic heterocycles. The highest BCUT2D eigenvalue weighted by Crippen LogP contribution is 2.22. The summed E-state index contributed by atoms with van der Waals surface area (Å²) in [6.45, 7) is 6.33. The molecule has 1 N–H and O–H groups in total. The molecule has 3 nitrogen and oxygen atoms in total. The molecule has 0 amide bonds. The molecule has 2 rings (SSSR count). The van der Waals surface area contributed by atoms with Crippen molar-refractivity contribution in [1.29, 1.82) is 0 Å². The molecular formula is C14H17NO2. The highest BCUT2D eigenvalue weighted by atomic mass is 16.3. The molecule has 1 heterocycles. The van der Waals surface area contributed by atoms with Gasteiger partial charge in [0.05, 0.1) is 12.1 Å². The van der Waals surface area contributed by atoms with Crippen molar-refractivity contribution in [3.63, 3.8) is 0 Å². The molecule has 1 aromatic carbocycles. The van der Waals surface area contributed by atoms with Crippen LogP contribution in [0.25, 0.3) is 10.9 Å². The van der Waals surface area contributed by atoms with E-state index in [2.05, 4.69) is 12.1 Å². The van der Waals surface area contributed by atoms with Gasteiger partial charge in [0, 0.05) is 18.0 Å². The first kappa shape index (κ1) is 11.9. The lowest BCUT2D eigenvalue weighted by Crippen LogP contribution is -2.22. The Hall–Kier alpha value is -1.61. The van der Waals surface area contributed by atoms with E-state index >= 15 is 0 Å². The quantitative estimate of drug-likeness (QED) is 0.858. The Morgan fingerprint density at radius 3 is 2.47 bits per heavy atom. The molecule has 0 aliphatic heterocycles. The first-order chi connectivity index (χ1) is 8.04. The van der Waals surface area contributed by atoms with E-state index in [1.54, 1.807) is 10.6 Å². The van der Waals surface area contributed by atoms with Gasteiger partial charge in [0.1, 0.15) is 0 Å². The first-order valence-corrected chi connectivity index (χ1v) is 5.77. The Balaban J connectivity index is 2.94. The lowest BCUT2D eigenvalue weighted by atomic mass is 10.0. The van der Waals surface area contributed by atoms with Crippen LogP contribution in [0.1, 0.15) is 16.7 Å². The Morgan fingerprint density at radius 2 is 1.82 bits per heavy atom. The maximum Gasteiger partial charge on any atom is 0.251 e. The second kappa shape index (κ2) is 4.34. The van der Waals surface area contributed by atoms with Crippen LogP contribution < -0.4 is 5.56 Å². The molecule has 0 spiro atoms. The summed E-state index contributed by atoms with van der Waals surface area (Å²) in [4.78, 5) is 11.9. The molecule has 0 fully saturated rings. The highest BCUT2D eigenvalue weighted by molar-refractivity contribution is 5.86. The first-order valence-electron chi connectivity index (χ1n) is 5.77. The van der Waals surface area contributed by atoms with Crippen LogP contribution in [-0.2, 0) is 6.54 Å². The summed E-state index contributed by atoms with van der Waals surface area (Å²) < 4.78 is 1.65. The molecule has 0 aliphatic rings. The SMILES string of the molecule is Cc1cc(C)c2c(c1)c(C)cc(=O)n2CCO. The Labute approximate surface area is 100 Å². The van der Waals surface area contributed by atoms with E-state index in [0.717, 1.165) is 22.0 Å². The number of rotatable bonds is 2. The zero-order valence-electron chi connectivity index (χ0n) is 10.4. The number of hydrogen-bond donors (Lipinski definition) is 1. The number of fused-ring (bicyclic) bond motifs is 1. The minimum atomic E-state index is -0.0454. The normalized spacial score (nSPS) is 11.1. The zero-order valence-corrected chi connectivity index (χ0v) is 10.4. The lowest BCUT2D eigenvalue weighted by Gasteiger charge is -2.14. The Bertz CT molecular complexity index is 626. The largest absolute Gasteiger partial charge is 0.395 e. The summed E-state index contributed by atoms with van der Waals surface area (Å²) >= 11 is 0. The number of aliphatic hydroxyl groups excluding tert-OH is 1. The standard InChI is InChI=1S/C14H17NO2/c1-9-6-11(3)14-12(7-9)10(2)8-13(17)15(14)4-5-16/h6-8,16H,4-5H2,1-3H3. The van der Waals surface area contributed by atoms with E-state index in [4.69, 9.17) is 5.11 Å². The summed E-state index contributed by atoms with van der Waals surface area (Å²) in [6.07, 6.45) is 0. The van der Waals surface area contributed by atoms with Crippen molar-refractivity contribution in [3.05, 3.63) is 45.2 Å². The summed E-state index contributed by atoms with van der Waals surface area (Å²) in [5.74, 6) is 0. The second-order valence-corrected chi connectivity index (χ2v) is 4.52. The van der Waals surface area contributed by atoms with Crippen LogP contribution in [0.2, 0.25) is 0 Å². The van der Waals surface area contributed by atoms with Crippen LogP contribution in [0.4, 0.5) is 0 Å². The number of nitrogens with zero attached hydrogens (tertiary/aromatic N) is 1. The fourth-order valence-electron chi connectivity index (χ4n) is 2.39. The molecular weight excluding hydrogens is 214 g/mol. The summed E-state index contributed by atoms with van der Waals surface area (Å²) in [5.41, 5.74) is 4.15. The van der Waals surface area contributed by atoms with Gasteiger partial charge in [-0.15, -0.1) is 0 Å². The number of hydrogen-bond acceptors (Lipinski definition) is 2. The van der Waals surface area contributed by atoms with Gasteiger partial charge in [-0.25, -0.2) is 0 Å². The predicted molar refractivity (Wildman–Crippen MR) is 69.5 cm³/mol. The van der Waals surface area contributed by atoms with Crippen LogP contribution in [-0.4, -0.2) is 16.3 Å². The molecule has 3 heteroatoms. The van der Waals surface area contributed by atoms with Gasteiger partial charge in [0.25, 0.3) is 5.56 Å². The summed E-state index contributed by atoms with van der Waals surface area (Å²) in [6, 6.07) is 5.79. The molecule has 0 unspecified atom stereocenters. The third-order valence-electron chi connectivity index (χ3n) is 3.07. The summed E-state index contributed by atoms with van der Waals surface area (Å²) in [7, 11) is 0. The van der Waals surface area contributed by atoms with Gasteiger partial charge in [-0.3, -0.25) is 4.79 Å². The number of pyridine rings is 1. The fraction of sp³-hybridized carbons (Fsp3) is 0.357. The van der Waals surface area contributed by atoms with Crippen LogP contribution in [0.3, 0.4) is 0 Å². The maximum absolute atomic E-state index is 11.9. The second-order valence-electron chi connectivity index (χ2n) is 4.52. The van der Waals surface area contributed by atoms with Crippen LogP contribution in [0, 0.1) is 20.8 Å². The molecule has 0 bridgehead atoms. The summed E-state index contributed by atoms with van der Waals surface area (Å²) in [5, 5.41) is 10.2. The number of aryl methyl sites for hydroxylation is 3. The van der Waals surface area contributed by atoms with Gasteiger partial charge in [0.15, 0.2) is 0 Å². The third kappa shape index (κ3) is 1.98. The van der Waals surface area contributed by atoms with Crippen LogP contribution in [0.15, 0.2) is 23.0 Å². The van der Waals surface area contributed by atoms with Crippen LogP contribution in [0.5, 0.6) is 0 Å². The van der Waals surface area contributed by atoms with Gasteiger partial charge in [-0.1, -0.05) is 11.6 Å². The molecule has 0 saturated carbocycles. The Kier molecular flexibility index (Phi) is 3.03. The average Bonchev–Trinajstić information content (AvgIpc) is 2.24. The van der Waals surface area contributed by atoms with Crippen molar-refractivity contribution in [2.24, 2.45) is 0 Å². The van der Waals surface area contributed by atoms with Crippen molar-refractivity contribution in [3.8, 4) is 0 Å². The fourth-order valence-corrected chi connectivity index (χ4v) is 2.39. The van der Waals surface area contributed by atoms with E-state index in [0.29, 0.717) is 6.54 Å². The zero-order chi connectivity index (χ0) is 12.6. The Morgan fingerprint density at radius 1 is 1.12 bits per heavy atom. The maximum atomic E-state index is 11.9. The van der Waals surface area contributed by atoms with E-state index in [1.807, 2.05) is 20.8 Å². The van der Waals surface area contributed by atoms with Gasteiger partial charge >= 0.3 is 0 Å². The number of aromatic nitrogens is 1. The average molecular weight is 231 g/mol. The number of aliphatic hydroxyl groups is 1. The molecule has 2 aromatic rings. The van der Waals surface area contributed by atoms with Crippen molar-refractivity contribution in [2.45, 2.75) is 27.3 Å². The molecule has 0 saturated heterocycles. The predicted octanol–water partition coefficient (Wildman–Crippen LogP) is 1.92. The third-order valence-corrected chi connectivity index (χ3v) is 3.07. The lowest BCUT2D eigenvalue weighted by molar-refractivity contribution is 0.276. The van der Waals surface area contributed by atoms with Crippen molar-refractivity contribution in [1.82, 2.24) is 4.57 Å². The topological polar surface area (TPSA) is 42.2 Å². The van der Waals surface area contributed by atoms with E-state index in [1.165, 1.54) is 5.56 Å². The van der Waals surface area contributed by atoms with Crippen LogP contribution >= 0.6 is 0 Å². The van der Waals surface area contributed by atoms with E-state index < -0.39 is 0 Å². The smallest absolute Gasteiger partial charge is 0.251 e. The molecule has 0 radical (unpaired) electrons. The number of benzene rings is 1.